The van der Waals surface area contributed by atoms with Gasteiger partial charge >= 0.3 is 0 Å². The number of aryl methyl sites for hydroxylation is 1. The van der Waals surface area contributed by atoms with Gasteiger partial charge in [-0.15, -0.1) is 0 Å². The molecule has 1 aromatic rings. The summed E-state index contributed by atoms with van der Waals surface area (Å²) < 4.78 is 19.6. The van der Waals surface area contributed by atoms with E-state index in [2.05, 4.69) is 0 Å². The molecule has 0 radical (unpaired) electrons. The van der Waals surface area contributed by atoms with Crippen molar-refractivity contribution >= 4 is 22.7 Å². The van der Waals surface area contributed by atoms with Crippen LogP contribution in [-0.4, -0.2) is 8.76 Å². The van der Waals surface area contributed by atoms with E-state index in [0.29, 0.717) is 15.5 Å². The molecule has 4 heteroatoms. The lowest BCUT2D eigenvalue weighted by molar-refractivity contribution is 0.564. The molecule has 0 saturated carbocycles. The Labute approximate surface area is 78.8 Å². The summed E-state index contributed by atoms with van der Waals surface area (Å²) in [7, 11) is 0. The van der Waals surface area contributed by atoms with Crippen LogP contribution in [-0.2, 0) is 11.1 Å². The Bertz CT molecular complexity index is 336. The lowest BCUT2D eigenvalue weighted by Gasteiger charge is -2.05. The van der Waals surface area contributed by atoms with Crippen LogP contribution in [0.2, 0.25) is 5.02 Å². The molecular formula is C8H9ClO2S. The van der Waals surface area contributed by atoms with Crippen molar-refractivity contribution in [2.45, 2.75) is 18.7 Å². The zero-order valence-electron chi connectivity index (χ0n) is 6.80. The van der Waals surface area contributed by atoms with Crippen molar-refractivity contribution in [1.29, 1.82) is 0 Å². The third kappa shape index (κ3) is 1.68. The smallest absolute Gasteiger partial charge is 0.186 e. The van der Waals surface area contributed by atoms with Gasteiger partial charge in [-0.1, -0.05) is 17.7 Å². The predicted octanol–water partition coefficient (Wildman–Crippen LogP) is 2.54. The van der Waals surface area contributed by atoms with Gasteiger partial charge in [-0.3, -0.25) is 0 Å². The molecule has 66 valence electrons. The fourth-order valence-corrected chi connectivity index (χ4v) is 1.76. The minimum atomic E-state index is -1.94. The van der Waals surface area contributed by atoms with Gasteiger partial charge in [0.05, 0.1) is 4.90 Å². The highest BCUT2D eigenvalue weighted by molar-refractivity contribution is 7.79. The number of hydrogen-bond donors (Lipinski definition) is 1. The monoisotopic (exact) mass is 204 g/mol. The van der Waals surface area contributed by atoms with Gasteiger partial charge in [0.25, 0.3) is 0 Å². The van der Waals surface area contributed by atoms with E-state index in [4.69, 9.17) is 16.2 Å². The van der Waals surface area contributed by atoms with E-state index in [9.17, 15) is 4.21 Å². The fourth-order valence-electron chi connectivity index (χ4n) is 0.992. The second kappa shape index (κ2) is 3.56. The van der Waals surface area contributed by atoms with Crippen molar-refractivity contribution in [1.82, 2.24) is 0 Å². The Morgan fingerprint density at radius 1 is 1.42 bits per heavy atom. The van der Waals surface area contributed by atoms with Crippen LogP contribution in [0.4, 0.5) is 0 Å². The molecule has 1 atom stereocenters. The molecule has 0 saturated heterocycles. The van der Waals surface area contributed by atoms with E-state index < -0.39 is 11.1 Å². The van der Waals surface area contributed by atoms with Crippen LogP contribution in [0.15, 0.2) is 17.0 Å². The zero-order chi connectivity index (χ0) is 9.30. The highest BCUT2D eigenvalue weighted by Crippen LogP contribution is 2.24. The number of benzene rings is 1. The Hall–Kier alpha value is -0.380. The molecule has 0 aliphatic rings. The van der Waals surface area contributed by atoms with Gasteiger partial charge in [0.1, 0.15) is 0 Å². The number of hydrogen-bond acceptors (Lipinski definition) is 1. The molecule has 0 aliphatic heterocycles. The predicted molar refractivity (Wildman–Crippen MR) is 50.0 cm³/mol. The Kier molecular flexibility index (Phi) is 2.88. The highest BCUT2D eigenvalue weighted by Gasteiger charge is 2.08. The average molecular weight is 205 g/mol. The van der Waals surface area contributed by atoms with E-state index in [-0.39, 0.29) is 0 Å². The maximum atomic E-state index is 10.7. The summed E-state index contributed by atoms with van der Waals surface area (Å²) in [5, 5.41) is 0.565. The molecule has 0 fully saturated rings. The van der Waals surface area contributed by atoms with E-state index in [1.807, 2.05) is 6.92 Å². The molecule has 2 nitrogen and oxygen atoms in total. The lowest BCUT2D eigenvalue weighted by atomic mass is 10.2. The largest absolute Gasteiger partial charge is 0.302 e. The van der Waals surface area contributed by atoms with E-state index in [1.54, 1.807) is 19.1 Å². The number of halogens is 1. The molecule has 1 N–H and O–H groups in total. The second-order valence-corrected chi connectivity index (χ2v) is 3.88. The molecule has 1 aromatic carbocycles. The maximum Gasteiger partial charge on any atom is 0.186 e. The molecule has 0 aliphatic carbocycles. The van der Waals surface area contributed by atoms with Crippen LogP contribution >= 0.6 is 11.6 Å². The highest BCUT2D eigenvalue weighted by atomic mass is 35.5. The van der Waals surface area contributed by atoms with E-state index in [1.165, 1.54) is 0 Å². The summed E-state index contributed by atoms with van der Waals surface area (Å²) in [5.74, 6) is 0. The summed E-state index contributed by atoms with van der Waals surface area (Å²) in [6.07, 6.45) is 0. The van der Waals surface area contributed by atoms with E-state index >= 15 is 0 Å². The molecule has 1 rings (SSSR count). The molecule has 0 heterocycles. The van der Waals surface area contributed by atoms with Crippen molar-refractivity contribution in [3.05, 3.63) is 28.3 Å². The lowest BCUT2D eigenvalue weighted by Crippen LogP contribution is -1.94. The van der Waals surface area contributed by atoms with Crippen molar-refractivity contribution in [2.75, 3.05) is 0 Å². The van der Waals surface area contributed by atoms with Gasteiger partial charge in [-0.25, -0.2) is 4.21 Å². The maximum absolute atomic E-state index is 10.7. The topological polar surface area (TPSA) is 37.3 Å². The van der Waals surface area contributed by atoms with Crippen LogP contribution in [0, 0.1) is 13.8 Å². The van der Waals surface area contributed by atoms with Crippen molar-refractivity contribution in [3.8, 4) is 0 Å². The minimum Gasteiger partial charge on any atom is -0.302 e. The molecular weight excluding hydrogens is 196 g/mol. The summed E-state index contributed by atoms with van der Waals surface area (Å²) in [5.41, 5.74) is 1.60. The molecule has 0 amide bonds. The van der Waals surface area contributed by atoms with Gasteiger partial charge in [0.15, 0.2) is 11.1 Å². The standard InChI is InChI=1S/C8H9ClO2S/c1-5-3-4-7(12(10)11)6(2)8(5)9/h3-4H,1-2H3,(H,10,11). The SMILES string of the molecule is Cc1ccc(S(=O)O)c(C)c1Cl. The van der Waals surface area contributed by atoms with Crippen molar-refractivity contribution in [2.24, 2.45) is 0 Å². The van der Waals surface area contributed by atoms with Gasteiger partial charge < -0.3 is 4.55 Å². The van der Waals surface area contributed by atoms with Crippen LogP contribution in [0.25, 0.3) is 0 Å². The van der Waals surface area contributed by atoms with E-state index in [0.717, 1.165) is 5.56 Å². The van der Waals surface area contributed by atoms with Crippen LogP contribution < -0.4 is 0 Å². The summed E-state index contributed by atoms with van der Waals surface area (Å²) in [4.78, 5) is 0.380. The van der Waals surface area contributed by atoms with Gasteiger partial charge in [-0.05, 0) is 31.0 Å². The summed E-state index contributed by atoms with van der Waals surface area (Å²) >= 11 is 3.94. The van der Waals surface area contributed by atoms with Crippen molar-refractivity contribution in [3.63, 3.8) is 0 Å². The Balaban J connectivity index is 3.36. The number of rotatable bonds is 1. The van der Waals surface area contributed by atoms with Gasteiger partial charge in [-0.2, -0.15) is 0 Å². The van der Waals surface area contributed by atoms with Gasteiger partial charge in [0.2, 0.25) is 0 Å². The fraction of sp³-hybridized carbons (Fsp3) is 0.250. The average Bonchev–Trinajstić information content (AvgIpc) is 2.00. The zero-order valence-corrected chi connectivity index (χ0v) is 8.37. The van der Waals surface area contributed by atoms with Crippen molar-refractivity contribution < 1.29 is 8.76 Å². The first kappa shape index (κ1) is 9.71. The molecule has 12 heavy (non-hydrogen) atoms. The van der Waals surface area contributed by atoms with Gasteiger partial charge in [0, 0.05) is 5.02 Å². The molecule has 0 aromatic heterocycles. The molecule has 0 spiro atoms. The van der Waals surface area contributed by atoms with Crippen LogP contribution in [0.5, 0.6) is 0 Å². The second-order valence-electron chi connectivity index (χ2n) is 2.57. The third-order valence-electron chi connectivity index (χ3n) is 1.72. The first-order valence-corrected chi connectivity index (χ1v) is 4.89. The third-order valence-corrected chi connectivity index (χ3v) is 3.12. The minimum absolute atomic E-state index is 0.380. The molecule has 1 unspecified atom stereocenters. The first-order chi connectivity index (χ1) is 5.54. The molecule has 0 bridgehead atoms. The Morgan fingerprint density at radius 3 is 2.50 bits per heavy atom. The summed E-state index contributed by atoms with van der Waals surface area (Å²) in [6, 6.07) is 3.35. The Morgan fingerprint density at radius 2 is 2.00 bits per heavy atom. The summed E-state index contributed by atoms with van der Waals surface area (Å²) in [6.45, 7) is 3.60. The quantitative estimate of drug-likeness (QED) is 0.714. The first-order valence-electron chi connectivity index (χ1n) is 3.40. The van der Waals surface area contributed by atoms with Crippen LogP contribution in [0.1, 0.15) is 11.1 Å². The normalized spacial score (nSPS) is 13.0. The van der Waals surface area contributed by atoms with Crippen LogP contribution in [0.3, 0.4) is 0 Å².